The lowest BCUT2D eigenvalue weighted by Gasteiger charge is -2.10. The normalized spacial score (nSPS) is 10.1. The maximum absolute atomic E-state index is 5.83. The van der Waals surface area contributed by atoms with E-state index in [9.17, 15) is 0 Å². The van der Waals surface area contributed by atoms with Crippen molar-refractivity contribution in [3.8, 4) is 17.2 Å². The highest BCUT2D eigenvalue weighted by molar-refractivity contribution is 5.41. The molecule has 2 rings (SSSR count). The molecule has 0 aliphatic heterocycles. The van der Waals surface area contributed by atoms with Gasteiger partial charge in [-0.2, -0.15) is 0 Å². The summed E-state index contributed by atoms with van der Waals surface area (Å²) in [4.78, 5) is 0. The van der Waals surface area contributed by atoms with Gasteiger partial charge in [0.05, 0.1) is 7.11 Å². The van der Waals surface area contributed by atoms with Crippen molar-refractivity contribution in [3.63, 3.8) is 0 Å². The molecule has 2 aromatic rings. The van der Waals surface area contributed by atoms with E-state index in [-0.39, 0.29) is 0 Å². The number of methoxy groups -OCH3 is 1. The Morgan fingerprint density at radius 2 is 1.65 bits per heavy atom. The Morgan fingerprint density at radius 3 is 2.35 bits per heavy atom. The van der Waals surface area contributed by atoms with Crippen molar-refractivity contribution in [2.75, 3.05) is 7.11 Å². The second-order valence-corrected chi connectivity index (χ2v) is 4.05. The molecule has 2 aromatic carbocycles. The number of rotatable bonds is 3. The van der Waals surface area contributed by atoms with Gasteiger partial charge in [-0.1, -0.05) is 23.8 Å². The van der Waals surface area contributed by atoms with Gasteiger partial charge in [0.1, 0.15) is 17.2 Å². The van der Waals surface area contributed by atoms with E-state index in [0.717, 1.165) is 22.8 Å². The summed E-state index contributed by atoms with van der Waals surface area (Å²) in [6.07, 6.45) is 0. The molecule has 0 atom stereocenters. The van der Waals surface area contributed by atoms with Crippen molar-refractivity contribution in [3.05, 3.63) is 53.6 Å². The number of benzene rings is 2. The molecule has 0 amide bonds. The predicted octanol–water partition coefficient (Wildman–Crippen LogP) is 4.10. The zero-order valence-electron chi connectivity index (χ0n) is 10.4. The molecule has 88 valence electrons. The van der Waals surface area contributed by atoms with Crippen molar-refractivity contribution in [2.45, 2.75) is 13.8 Å². The molecule has 0 N–H and O–H groups in total. The Balaban J connectivity index is 2.25. The van der Waals surface area contributed by atoms with Gasteiger partial charge in [-0.25, -0.2) is 0 Å². The summed E-state index contributed by atoms with van der Waals surface area (Å²) in [6.45, 7) is 4.12. The topological polar surface area (TPSA) is 18.5 Å². The molecule has 2 nitrogen and oxygen atoms in total. The zero-order valence-corrected chi connectivity index (χ0v) is 10.4. The Bertz CT molecular complexity index is 518. The molecule has 0 fully saturated rings. The van der Waals surface area contributed by atoms with Gasteiger partial charge in [0, 0.05) is 6.07 Å². The van der Waals surface area contributed by atoms with Gasteiger partial charge in [0.15, 0.2) is 0 Å². The van der Waals surface area contributed by atoms with Crippen LogP contribution in [0.3, 0.4) is 0 Å². The molecule has 0 aromatic heterocycles. The summed E-state index contributed by atoms with van der Waals surface area (Å²) in [6, 6.07) is 13.7. The van der Waals surface area contributed by atoms with Crippen molar-refractivity contribution < 1.29 is 9.47 Å². The fraction of sp³-hybridized carbons (Fsp3) is 0.200. The molecule has 0 saturated heterocycles. The van der Waals surface area contributed by atoms with Crippen LogP contribution in [0.2, 0.25) is 0 Å². The van der Waals surface area contributed by atoms with Crippen LogP contribution < -0.4 is 9.47 Å². The minimum atomic E-state index is 0.788. The Morgan fingerprint density at radius 1 is 0.882 bits per heavy atom. The van der Waals surface area contributed by atoms with Crippen LogP contribution in [0.1, 0.15) is 11.1 Å². The minimum Gasteiger partial charge on any atom is -0.497 e. The van der Waals surface area contributed by atoms with E-state index < -0.39 is 0 Å². The Kier molecular flexibility index (Phi) is 3.33. The van der Waals surface area contributed by atoms with Gasteiger partial charge in [-0.15, -0.1) is 0 Å². The van der Waals surface area contributed by atoms with E-state index in [0.29, 0.717) is 0 Å². The lowest BCUT2D eigenvalue weighted by Crippen LogP contribution is -1.89. The van der Waals surface area contributed by atoms with Gasteiger partial charge < -0.3 is 9.47 Å². The summed E-state index contributed by atoms with van der Waals surface area (Å²) in [5.74, 6) is 2.47. The van der Waals surface area contributed by atoms with Gasteiger partial charge >= 0.3 is 0 Å². The summed E-state index contributed by atoms with van der Waals surface area (Å²) < 4.78 is 11.0. The molecule has 2 heteroatoms. The standard InChI is InChI=1S/C15H16O2/c1-11-7-8-15(12(2)9-11)17-14-6-4-5-13(10-14)16-3/h4-10H,1-3H3. The molecule has 0 heterocycles. The number of hydrogen-bond donors (Lipinski definition) is 0. The SMILES string of the molecule is COc1cccc(Oc2ccc(C)cc2C)c1. The fourth-order valence-corrected chi connectivity index (χ4v) is 1.71. The monoisotopic (exact) mass is 228 g/mol. The molecule has 0 unspecified atom stereocenters. The summed E-state index contributed by atoms with van der Waals surface area (Å²) >= 11 is 0. The van der Waals surface area contributed by atoms with E-state index >= 15 is 0 Å². The third kappa shape index (κ3) is 2.78. The first kappa shape index (κ1) is 11.5. The van der Waals surface area contributed by atoms with Crippen LogP contribution >= 0.6 is 0 Å². The van der Waals surface area contributed by atoms with Crippen molar-refractivity contribution in [1.29, 1.82) is 0 Å². The third-order valence-corrected chi connectivity index (χ3v) is 2.60. The van der Waals surface area contributed by atoms with E-state index in [1.54, 1.807) is 7.11 Å². The Hall–Kier alpha value is -1.96. The minimum absolute atomic E-state index is 0.788. The molecular formula is C15H16O2. The fourth-order valence-electron chi connectivity index (χ4n) is 1.71. The maximum atomic E-state index is 5.83. The van der Waals surface area contributed by atoms with Crippen LogP contribution in [-0.4, -0.2) is 7.11 Å². The number of hydrogen-bond acceptors (Lipinski definition) is 2. The van der Waals surface area contributed by atoms with Crippen molar-refractivity contribution in [2.24, 2.45) is 0 Å². The maximum Gasteiger partial charge on any atom is 0.131 e. The average molecular weight is 228 g/mol. The van der Waals surface area contributed by atoms with Crippen molar-refractivity contribution in [1.82, 2.24) is 0 Å². The van der Waals surface area contributed by atoms with E-state index in [1.165, 1.54) is 5.56 Å². The van der Waals surface area contributed by atoms with Crippen LogP contribution in [0.15, 0.2) is 42.5 Å². The van der Waals surface area contributed by atoms with Gasteiger partial charge in [0.2, 0.25) is 0 Å². The summed E-state index contributed by atoms with van der Waals surface area (Å²) in [5.41, 5.74) is 2.37. The summed E-state index contributed by atoms with van der Waals surface area (Å²) in [5, 5.41) is 0. The lowest BCUT2D eigenvalue weighted by atomic mass is 10.1. The van der Waals surface area contributed by atoms with Crippen molar-refractivity contribution >= 4 is 0 Å². The highest BCUT2D eigenvalue weighted by Gasteiger charge is 2.02. The quantitative estimate of drug-likeness (QED) is 0.787. The molecule has 0 bridgehead atoms. The first-order chi connectivity index (χ1) is 8.19. The van der Waals surface area contributed by atoms with Crippen LogP contribution in [0.25, 0.3) is 0 Å². The van der Waals surface area contributed by atoms with E-state index in [1.807, 2.05) is 43.3 Å². The smallest absolute Gasteiger partial charge is 0.131 e. The lowest BCUT2D eigenvalue weighted by molar-refractivity contribution is 0.409. The molecule has 0 spiro atoms. The molecule has 0 aliphatic carbocycles. The Labute approximate surface area is 102 Å². The zero-order chi connectivity index (χ0) is 12.3. The van der Waals surface area contributed by atoms with Gasteiger partial charge in [-0.05, 0) is 37.6 Å². The molecule has 0 aliphatic rings. The van der Waals surface area contributed by atoms with Crippen LogP contribution in [-0.2, 0) is 0 Å². The van der Waals surface area contributed by atoms with E-state index in [4.69, 9.17) is 9.47 Å². The number of aryl methyl sites for hydroxylation is 2. The van der Waals surface area contributed by atoms with Crippen LogP contribution in [0, 0.1) is 13.8 Å². The summed E-state index contributed by atoms with van der Waals surface area (Å²) in [7, 11) is 1.65. The second-order valence-electron chi connectivity index (χ2n) is 4.05. The molecule has 0 saturated carbocycles. The predicted molar refractivity (Wildman–Crippen MR) is 69.0 cm³/mol. The molecule has 17 heavy (non-hydrogen) atoms. The largest absolute Gasteiger partial charge is 0.497 e. The molecular weight excluding hydrogens is 212 g/mol. The van der Waals surface area contributed by atoms with Crippen LogP contribution in [0.5, 0.6) is 17.2 Å². The van der Waals surface area contributed by atoms with Crippen LogP contribution in [0.4, 0.5) is 0 Å². The average Bonchev–Trinajstić information content (AvgIpc) is 2.33. The third-order valence-electron chi connectivity index (χ3n) is 2.60. The van der Waals surface area contributed by atoms with Gasteiger partial charge in [-0.3, -0.25) is 0 Å². The van der Waals surface area contributed by atoms with E-state index in [2.05, 4.69) is 13.0 Å². The first-order valence-corrected chi connectivity index (χ1v) is 5.58. The highest BCUT2D eigenvalue weighted by Crippen LogP contribution is 2.27. The number of ether oxygens (including phenoxy) is 2. The molecule has 0 radical (unpaired) electrons. The highest BCUT2D eigenvalue weighted by atomic mass is 16.5. The first-order valence-electron chi connectivity index (χ1n) is 5.58. The second kappa shape index (κ2) is 4.91. The van der Waals surface area contributed by atoms with Gasteiger partial charge in [0.25, 0.3) is 0 Å².